The lowest BCUT2D eigenvalue weighted by atomic mass is 10.1. The SMILES string of the molecule is COc1cc(C)c(C)cc1CN(C)O. The fraction of sp³-hybridized carbons (Fsp3) is 0.455. The van der Waals surface area contributed by atoms with Gasteiger partial charge >= 0.3 is 0 Å². The van der Waals surface area contributed by atoms with Gasteiger partial charge in [0.15, 0.2) is 0 Å². The number of hydrogen-bond donors (Lipinski definition) is 1. The molecule has 0 unspecified atom stereocenters. The molecular weight excluding hydrogens is 178 g/mol. The first kappa shape index (κ1) is 11.0. The van der Waals surface area contributed by atoms with Crippen LogP contribution in [-0.2, 0) is 6.54 Å². The molecule has 0 aliphatic rings. The van der Waals surface area contributed by atoms with E-state index in [9.17, 15) is 0 Å². The third-order valence-electron chi connectivity index (χ3n) is 2.30. The van der Waals surface area contributed by atoms with E-state index in [2.05, 4.69) is 6.92 Å². The quantitative estimate of drug-likeness (QED) is 0.750. The van der Waals surface area contributed by atoms with Gasteiger partial charge in [0.05, 0.1) is 13.7 Å². The summed E-state index contributed by atoms with van der Waals surface area (Å²) in [5.74, 6) is 0.828. The molecule has 3 heteroatoms. The van der Waals surface area contributed by atoms with Gasteiger partial charge in [0.25, 0.3) is 0 Å². The van der Waals surface area contributed by atoms with Crippen molar-refractivity contribution in [2.45, 2.75) is 20.4 Å². The fourth-order valence-corrected chi connectivity index (χ4v) is 1.41. The molecule has 0 aromatic heterocycles. The second-order valence-corrected chi connectivity index (χ2v) is 3.56. The van der Waals surface area contributed by atoms with Crippen molar-refractivity contribution in [2.75, 3.05) is 14.2 Å². The first-order chi connectivity index (χ1) is 6.54. The number of methoxy groups -OCH3 is 1. The van der Waals surface area contributed by atoms with Crippen LogP contribution in [-0.4, -0.2) is 24.4 Å². The zero-order valence-corrected chi connectivity index (χ0v) is 9.16. The predicted molar refractivity (Wildman–Crippen MR) is 55.7 cm³/mol. The summed E-state index contributed by atoms with van der Waals surface area (Å²) in [6.07, 6.45) is 0. The van der Waals surface area contributed by atoms with Gasteiger partial charge in [-0.25, -0.2) is 0 Å². The van der Waals surface area contributed by atoms with Crippen LogP contribution in [0.2, 0.25) is 0 Å². The molecule has 0 aliphatic carbocycles. The molecule has 0 heterocycles. The fourth-order valence-electron chi connectivity index (χ4n) is 1.41. The summed E-state index contributed by atoms with van der Waals surface area (Å²) in [5.41, 5.74) is 3.41. The summed E-state index contributed by atoms with van der Waals surface area (Å²) >= 11 is 0. The van der Waals surface area contributed by atoms with Crippen LogP contribution in [0.4, 0.5) is 0 Å². The van der Waals surface area contributed by atoms with Crippen LogP contribution in [0.1, 0.15) is 16.7 Å². The third kappa shape index (κ3) is 2.47. The molecule has 1 aromatic rings. The van der Waals surface area contributed by atoms with Gasteiger partial charge < -0.3 is 9.94 Å². The largest absolute Gasteiger partial charge is 0.496 e. The Morgan fingerprint density at radius 3 is 2.36 bits per heavy atom. The first-order valence-corrected chi connectivity index (χ1v) is 4.58. The number of hydroxylamine groups is 2. The van der Waals surface area contributed by atoms with Gasteiger partial charge in [0, 0.05) is 12.6 Å². The zero-order valence-electron chi connectivity index (χ0n) is 9.16. The molecule has 0 spiro atoms. The third-order valence-corrected chi connectivity index (χ3v) is 2.30. The van der Waals surface area contributed by atoms with Crippen LogP contribution in [0.15, 0.2) is 12.1 Å². The van der Waals surface area contributed by atoms with Gasteiger partial charge in [-0.3, -0.25) is 0 Å². The minimum Gasteiger partial charge on any atom is -0.496 e. The van der Waals surface area contributed by atoms with Gasteiger partial charge in [0.1, 0.15) is 5.75 Å². The molecule has 14 heavy (non-hydrogen) atoms. The Kier molecular flexibility index (Phi) is 3.49. The van der Waals surface area contributed by atoms with Crippen molar-refractivity contribution in [1.29, 1.82) is 0 Å². The summed E-state index contributed by atoms with van der Waals surface area (Å²) in [5, 5.41) is 10.3. The summed E-state index contributed by atoms with van der Waals surface area (Å²) in [6, 6.07) is 4.04. The predicted octanol–water partition coefficient (Wildman–Crippen LogP) is 2.13. The van der Waals surface area contributed by atoms with Crippen molar-refractivity contribution >= 4 is 0 Å². The van der Waals surface area contributed by atoms with Gasteiger partial charge in [-0.15, -0.1) is 0 Å². The summed E-state index contributed by atoms with van der Waals surface area (Å²) in [6.45, 7) is 4.57. The maximum atomic E-state index is 9.16. The molecular formula is C11H17NO2. The average Bonchev–Trinajstić information content (AvgIpc) is 2.10. The van der Waals surface area contributed by atoms with Gasteiger partial charge in [-0.1, -0.05) is 6.07 Å². The molecule has 0 saturated carbocycles. The monoisotopic (exact) mass is 195 g/mol. The summed E-state index contributed by atoms with van der Waals surface area (Å²) < 4.78 is 5.24. The Morgan fingerprint density at radius 2 is 1.86 bits per heavy atom. The Labute approximate surface area is 84.9 Å². The summed E-state index contributed by atoms with van der Waals surface area (Å²) in [7, 11) is 3.26. The number of hydrogen-bond acceptors (Lipinski definition) is 3. The lowest BCUT2D eigenvalue weighted by Crippen LogP contribution is -2.12. The molecule has 0 atom stereocenters. The molecule has 0 fully saturated rings. The van der Waals surface area contributed by atoms with Crippen molar-refractivity contribution in [1.82, 2.24) is 5.06 Å². The second-order valence-electron chi connectivity index (χ2n) is 3.56. The Morgan fingerprint density at radius 1 is 1.29 bits per heavy atom. The molecule has 0 amide bonds. The minimum absolute atomic E-state index is 0.476. The Hall–Kier alpha value is -1.06. The Bertz CT molecular complexity index is 321. The number of rotatable bonds is 3. The highest BCUT2D eigenvalue weighted by atomic mass is 16.5. The summed E-state index contributed by atoms with van der Waals surface area (Å²) in [4.78, 5) is 0. The number of nitrogens with zero attached hydrogens (tertiary/aromatic N) is 1. The smallest absolute Gasteiger partial charge is 0.123 e. The van der Waals surface area contributed by atoms with Crippen LogP contribution >= 0.6 is 0 Å². The molecule has 1 aromatic carbocycles. The molecule has 78 valence electrons. The normalized spacial score (nSPS) is 10.7. The molecule has 1 N–H and O–H groups in total. The number of aryl methyl sites for hydroxylation is 2. The van der Waals surface area contributed by atoms with Crippen LogP contribution < -0.4 is 4.74 Å². The van der Waals surface area contributed by atoms with Crippen LogP contribution in [0.25, 0.3) is 0 Å². The highest BCUT2D eigenvalue weighted by molar-refractivity contribution is 5.41. The second kappa shape index (κ2) is 4.44. The van der Waals surface area contributed by atoms with Crippen molar-refractivity contribution in [2.24, 2.45) is 0 Å². The maximum Gasteiger partial charge on any atom is 0.123 e. The van der Waals surface area contributed by atoms with Crippen molar-refractivity contribution < 1.29 is 9.94 Å². The first-order valence-electron chi connectivity index (χ1n) is 4.58. The van der Waals surface area contributed by atoms with Gasteiger partial charge in [0.2, 0.25) is 0 Å². The molecule has 0 saturated heterocycles. The van der Waals surface area contributed by atoms with E-state index in [1.54, 1.807) is 14.2 Å². The van der Waals surface area contributed by atoms with E-state index in [1.807, 2.05) is 19.1 Å². The molecule has 3 nitrogen and oxygen atoms in total. The van der Waals surface area contributed by atoms with Crippen molar-refractivity contribution in [3.05, 3.63) is 28.8 Å². The van der Waals surface area contributed by atoms with E-state index in [0.717, 1.165) is 16.4 Å². The number of ether oxygens (including phenoxy) is 1. The highest BCUT2D eigenvalue weighted by Crippen LogP contribution is 2.23. The van der Waals surface area contributed by atoms with Gasteiger partial charge in [-0.2, -0.15) is 5.06 Å². The lowest BCUT2D eigenvalue weighted by molar-refractivity contribution is -0.0735. The molecule has 0 radical (unpaired) electrons. The van der Waals surface area contributed by atoms with Crippen molar-refractivity contribution in [3.8, 4) is 5.75 Å². The van der Waals surface area contributed by atoms with E-state index in [0.29, 0.717) is 6.54 Å². The minimum atomic E-state index is 0.476. The molecule has 1 rings (SSSR count). The van der Waals surface area contributed by atoms with Crippen molar-refractivity contribution in [3.63, 3.8) is 0 Å². The van der Waals surface area contributed by atoms with Gasteiger partial charge in [-0.05, 0) is 31.0 Å². The molecule has 0 aliphatic heterocycles. The van der Waals surface area contributed by atoms with Crippen LogP contribution in [0.3, 0.4) is 0 Å². The zero-order chi connectivity index (χ0) is 10.7. The van der Waals surface area contributed by atoms with E-state index in [-0.39, 0.29) is 0 Å². The van der Waals surface area contributed by atoms with E-state index in [1.165, 1.54) is 11.1 Å². The maximum absolute atomic E-state index is 9.16. The van der Waals surface area contributed by atoms with E-state index in [4.69, 9.17) is 9.94 Å². The average molecular weight is 195 g/mol. The Balaban J connectivity index is 3.07. The van der Waals surface area contributed by atoms with E-state index >= 15 is 0 Å². The highest BCUT2D eigenvalue weighted by Gasteiger charge is 2.07. The van der Waals surface area contributed by atoms with Crippen LogP contribution in [0, 0.1) is 13.8 Å². The topological polar surface area (TPSA) is 32.7 Å². The lowest BCUT2D eigenvalue weighted by Gasteiger charge is -2.14. The van der Waals surface area contributed by atoms with Crippen LogP contribution in [0.5, 0.6) is 5.75 Å². The van der Waals surface area contributed by atoms with E-state index < -0.39 is 0 Å². The standard InChI is InChI=1S/C11H17NO2/c1-8-5-10(7-12(3)13)11(14-4)6-9(8)2/h5-6,13H,7H2,1-4H3. The molecule has 0 bridgehead atoms. The number of benzene rings is 1.